The molecular formula is C30H43N5O4. The van der Waals surface area contributed by atoms with E-state index in [0.717, 1.165) is 73.2 Å². The number of aromatic amines is 1. The molecular weight excluding hydrogens is 494 g/mol. The van der Waals surface area contributed by atoms with Crippen molar-refractivity contribution in [1.82, 2.24) is 25.0 Å². The minimum atomic E-state index is -0.801. The molecule has 212 valence electrons. The first-order chi connectivity index (χ1) is 18.7. The zero-order valence-corrected chi connectivity index (χ0v) is 23.8. The summed E-state index contributed by atoms with van der Waals surface area (Å²) in [4.78, 5) is 50.6. The normalized spacial score (nSPS) is 25.0. The van der Waals surface area contributed by atoms with Gasteiger partial charge in [0.2, 0.25) is 17.7 Å². The number of hydrogen-bond acceptors (Lipinski definition) is 5. The van der Waals surface area contributed by atoms with Gasteiger partial charge in [-0.1, -0.05) is 0 Å². The van der Waals surface area contributed by atoms with Crippen molar-refractivity contribution in [2.75, 3.05) is 53.9 Å². The van der Waals surface area contributed by atoms with Crippen LogP contribution in [0.25, 0.3) is 10.9 Å². The lowest BCUT2D eigenvalue weighted by Crippen LogP contribution is -2.64. The van der Waals surface area contributed by atoms with Crippen LogP contribution < -0.4 is 10.1 Å². The summed E-state index contributed by atoms with van der Waals surface area (Å²) >= 11 is 0. The molecule has 0 saturated carbocycles. The molecule has 0 radical (unpaired) electrons. The van der Waals surface area contributed by atoms with E-state index in [0.29, 0.717) is 25.9 Å². The second-order valence-corrected chi connectivity index (χ2v) is 11.9. The fraction of sp³-hybridized carbons (Fsp3) is 0.633. The van der Waals surface area contributed by atoms with Gasteiger partial charge in [0.1, 0.15) is 5.75 Å². The van der Waals surface area contributed by atoms with Gasteiger partial charge in [0, 0.05) is 55.1 Å². The number of nitrogens with one attached hydrogen (secondary N) is 2. The molecule has 2 aromatic rings. The van der Waals surface area contributed by atoms with Gasteiger partial charge in [-0.2, -0.15) is 0 Å². The predicted octanol–water partition coefficient (Wildman–Crippen LogP) is 2.88. The third kappa shape index (κ3) is 5.13. The Kier molecular flexibility index (Phi) is 7.89. The lowest BCUT2D eigenvalue weighted by Gasteiger charge is -2.54. The number of nitrogens with zero attached hydrogens (tertiary/aromatic N) is 3. The standard InChI is InChI=1S/C30H43N5O4/c1-30-24(29(38)34-14-6-5-7-15-34)17-20(18-26(36)31-12-8-13-33(2)3)28(37)35(30)16-11-22-23-19-21(39-4)9-10-25(23)32-27(22)30/h9-10,19-20,24,32H,5-8,11-18H2,1-4H3,(H,31,36)/t20?,24-,30+/m1/s1. The second kappa shape index (κ2) is 11.2. The Balaban J connectivity index is 1.47. The third-order valence-corrected chi connectivity index (χ3v) is 9.08. The van der Waals surface area contributed by atoms with E-state index in [1.165, 1.54) is 0 Å². The Hall–Kier alpha value is -3.07. The summed E-state index contributed by atoms with van der Waals surface area (Å²) in [5, 5.41) is 4.07. The van der Waals surface area contributed by atoms with Crippen LogP contribution in [0.1, 0.15) is 56.7 Å². The molecule has 2 saturated heterocycles. The number of H-pyrrole nitrogens is 1. The number of carbonyl (C=O) groups excluding carboxylic acids is 3. The number of piperidine rings is 2. The summed E-state index contributed by atoms with van der Waals surface area (Å²) in [6, 6.07) is 5.98. The maximum atomic E-state index is 14.2. The molecule has 9 heteroatoms. The molecule has 39 heavy (non-hydrogen) atoms. The monoisotopic (exact) mass is 537 g/mol. The highest BCUT2D eigenvalue weighted by atomic mass is 16.5. The zero-order chi connectivity index (χ0) is 27.7. The molecule has 9 nitrogen and oxygen atoms in total. The van der Waals surface area contributed by atoms with Gasteiger partial charge in [0.05, 0.1) is 18.6 Å². The van der Waals surface area contributed by atoms with E-state index in [1.807, 2.05) is 42.1 Å². The van der Waals surface area contributed by atoms with Crippen molar-refractivity contribution in [3.8, 4) is 5.75 Å². The fourth-order valence-electron chi connectivity index (χ4n) is 6.94. The van der Waals surface area contributed by atoms with Gasteiger partial charge in [-0.05, 0) is 89.9 Å². The largest absolute Gasteiger partial charge is 0.497 e. The first-order valence-electron chi connectivity index (χ1n) is 14.4. The van der Waals surface area contributed by atoms with Crippen LogP contribution in [0.5, 0.6) is 5.75 Å². The molecule has 1 aromatic carbocycles. The van der Waals surface area contributed by atoms with Crippen molar-refractivity contribution in [2.24, 2.45) is 11.8 Å². The Labute approximate surface area is 231 Å². The number of aromatic nitrogens is 1. The number of hydrogen-bond donors (Lipinski definition) is 2. The summed E-state index contributed by atoms with van der Waals surface area (Å²) in [6.07, 6.45) is 5.20. The number of likely N-dealkylation sites (tertiary alicyclic amines) is 1. The van der Waals surface area contributed by atoms with Crippen molar-refractivity contribution in [3.05, 3.63) is 29.5 Å². The lowest BCUT2D eigenvalue weighted by molar-refractivity contribution is -0.164. The van der Waals surface area contributed by atoms with E-state index < -0.39 is 17.4 Å². The van der Waals surface area contributed by atoms with Crippen LogP contribution in [0.3, 0.4) is 0 Å². The van der Waals surface area contributed by atoms with E-state index in [1.54, 1.807) is 7.11 Å². The number of carbonyl (C=O) groups is 3. The van der Waals surface area contributed by atoms with Gasteiger partial charge >= 0.3 is 0 Å². The van der Waals surface area contributed by atoms with Crippen LogP contribution >= 0.6 is 0 Å². The van der Waals surface area contributed by atoms with Crippen molar-refractivity contribution in [3.63, 3.8) is 0 Å². The Morgan fingerprint density at radius 1 is 1.18 bits per heavy atom. The molecule has 3 aliphatic heterocycles. The predicted molar refractivity (Wildman–Crippen MR) is 150 cm³/mol. The highest BCUT2D eigenvalue weighted by Gasteiger charge is 2.57. The Morgan fingerprint density at radius 3 is 2.67 bits per heavy atom. The van der Waals surface area contributed by atoms with Crippen LogP contribution in [-0.4, -0.2) is 91.3 Å². The second-order valence-electron chi connectivity index (χ2n) is 11.9. The van der Waals surface area contributed by atoms with Crippen molar-refractivity contribution < 1.29 is 19.1 Å². The molecule has 5 rings (SSSR count). The van der Waals surface area contributed by atoms with E-state index >= 15 is 0 Å². The van der Waals surface area contributed by atoms with Crippen molar-refractivity contribution in [2.45, 2.75) is 57.4 Å². The molecule has 0 bridgehead atoms. The van der Waals surface area contributed by atoms with E-state index in [4.69, 9.17) is 4.74 Å². The van der Waals surface area contributed by atoms with Crippen LogP contribution in [0.2, 0.25) is 0 Å². The van der Waals surface area contributed by atoms with Gasteiger partial charge in [0.25, 0.3) is 0 Å². The van der Waals surface area contributed by atoms with Gasteiger partial charge in [-0.3, -0.25) is 14.4 Å². The Morgan fingerprint density at radius 2 is 1.95 bits per heavy atom. The summed E-state index contributed by atoms with van der Waals surface area (Å²) in [6.45, 7) is 5.56. The average Bonchev–Trinajstić information content (AvgIpc) is 3.32. The smallest absolute Gasteiger partial charge is 0.228 e. The molecule has 1 aromatic heterocycles. The van der Waals surface area contributed by atoms with Gasteiger partial charge in [-0.25, -0.2) is 0 Å². The molecule has 4 heterocycles. The van der Waals surface area contributed by atoms with Crippen molar-refractivity contribution >= 4 is 28.6 Å². The average molecular weight is 538 g/mol. The molecule has 0 aliphatic carbocycles. The van der Waals surface area contributed by atoms with E-state index in [9.17, 15) is 14.4 Å². The number of ether oxygens (including phenoxy) is 1. The van der Waals surface area contributed by atoms with E-state index in [-0.39, 0.29) is 24.1 Å². The summed E-state index contributed by atoms with van der Waals surface area (Å²) in [5.74, 6) is -0.171. The zero-order valence-electron chi connectivity index (χ0n) is 23.8. The highest BCUT2D eigenvalue weighted by molar-refractivity contribution is 5.93. The minimum Gasteiger partial charge on any atom is -0.497 e. The van der Waals surface area contributed by atoms with Gasteiger partial charge in [0.15, 0.2) is 0 Å². The molecule has 3 atom stereocenters. The highest BCUT2D eigenvalue weighted by Crippen LogP contribution is 2.50. The Bertz CT molecular complexity index is 1230. The number of benzene rings is 1. The number of amides is 3. The summed E-state index contributed by atoms with van der Waals surface area (Å²) in [5.41, 5.74) is 2.29. The summed E-state index contributed by atoms with van der Waals surface area (Å²) in [7, 11) is 5.67. The topological polar surface area (TPSA) is 98.0 Å². The number of fused-ring (bicyclic) bond motifs is 5. The van der Waals surface area contributed by atoms with E-state index in [2.05, 4.69) is 22.1 Å². The minimum absolute atomic E-state index is 0.0227. The quantitative estimate of drug-likeness (QED) is 0.505. The lowest BCUT2D eigenvalue weighted by atomic mass is 9.67. The molecule has 3 aliphatic rings. The SMILES string of the molecule is COc1ccc2[nH]c3c(c2c1)CCN1C(=O)C(CC(=O)NCCCN(C)C)C[C@H](C(=O)N2CCCCC2)[C@@]31C. The van der Waals surface area contributed by atoms with Crippen molar-refractivity contribution in [1.29, 1.82) is 0 Å². The first kappa shape index (κ1) is 27.5. The number of rotatable bonds is 8. The van der Waals surface area contributed by atoms with Gasteiger partial charge in [-0.15, -0.1) is 0 Å². The van der Waals surface area contributed by atoms with Crippen LogP contribution in [0, 0.1) is 11.8 Å². The molecule has 0 spiro atoms. The maximum Gasteiger partial charge on any atom is 0.228 e. The summed E-state index contributed by atoms with van der Waals surface area (Å²) < 4.78 is 5.49. The molecule has 3 amide bonds. The molecule has 2 fully saturated rings. The van der Waals surface area contributed by atoms with Crippen LogP contribution in [0.15, 0.2) is 18.2 Å². The maximum absolute atomic E-state index is 14.2. The van der Waals surface area contributed by atoms with Crippen LogP contribution in [0.4, 0.5) is 0 Å². The third-order valence-electron chi connectivity index (χ3n) is 9.08. The first-order valence-corrected chi connectivity index (χ1v) is 14.4. The van der Waals surface area contributed by atoms with Gasteiger partial charge < -0.3 is 29.7 Å². The molecule has 2 N–H and O–H groups in total. The number of methoxy groups -OCH3 is 1. The molecule has 1 unspecified atom stereocenters. The fourth-order valence-corrected chi connectivity index (χ4v) is 6.94. The van der Waals surface area contributed by atoms with Crippen LogP contribution in [-0.2, 0) is 26.3 Å².